The molecule has 0 aliphatic carbocycles. The number of nitrogens with zero attached hydrogens (tertiary/aromatic N) is 3. The molecule has 3 heterocycles. The summed E-state index contributed by atoms with van der Waals surface area (Å²) < 4.78 is 0. The van der Waals surface area contributed by atoms with Crippen molar-refractivity contribution in [2.45, 2.75) is 26.2 Å². The van der Waals surface area contributed by atoms with Crippen molar-refractivity contribution in [2.75, 3.05) is 26.2 Å². The molecule has 0 radical (unpaired) electrons. The second kappa shape index (κ2) is 6.59. The van der Waals surface area contributed by atoms with Crippen molar-refractivity contribution < 1.29 is 9.59 Å². The maximum absolute atomic E-state index is 13.1. The summed E-state index contributed by atoms with van der Waals surface area (Å²) in [5, 5.41) is 0. The molecule has 136 valence electrons. The number of hydrogen-bond donors (Lipinski definition) is 1. The van der Waals surface area contributed by atoms with Crippen LogP contribution >= 0.6 is 0 Å². The fourth-order valence-corrected chi connectivity index (χ4v) is 4.23. The molecule has 0 bridgehead atoms. The van der Waals surface area contributed by atoms with Gasteiger partial charge in [0.25, 0.3) is 5.91 Å². The van der Waals surface area contributed by atoms with E-state index in [4.69, 9.17) is 0 Å². The Hall–Kier alpha value is -2.63. The first kappa shape index (κ1) is 16.8. The number of imidazole rings is 1. The van der Waals surface area contributed by atoms with E-state index < -0.39 is 0 Å². The van der Waals surface area contributed by atoms with Gasteiger partial charge < -0.3 is 14.8 Å². The normalized spacial score (nSPS) is 22.6. The van der Waals surface area contributed by atoms with Crippen LogP contribution in [-0.4, -0.2) is 57.8 Å². The van der Waals surface area contributed by atoms with E-state index in [2.05, 4.69) is 16.9 Å². The number of nitrogens with one attached hydrogen (secondary N) is 1. The molecule has 1 spiro atoms. The van der Waals surface area contributed by atoms with E-state index in [-0.39, 0.29) is 17.2 Å². The minimum absolute atomic E-state index is 0.0695. The predicted molar refractivity (Wildman–Crippen MR) is 98.5 cm³/mol. The predicted octanol–water partition coefficient (Wildman–Crippen LogP) is 2.55. The van der Waals surface area contributed by atoms with Gasteiger partial charge in [0.05, 0.1) is 11.7 Å². The first-order valence-corrected chi connectivity index (χ1v) is 9.32. The maximum Gasteiger partial charge on any atom is 0.272 e. The highest BCUT2D eigenvalue weighted by molar-refractivity contribution is 5.99. The molecule has 0 saturated carbocycles. The van der Waals surface area contributed by atoms with E-state index in [1.807, 2.05) is 40.1 Å². The van der Waals surface area contributed by atoms with E-state index in [0.29, 0.717) is 24.5 Å². The fourth-order valence-electron chi connectivity index (χ4n) is 4.23. The topological polar surface area (TPSA) is 69.3 Å². The van der Waals surface area contributed by atoms with Crippen molar-refractivity contribution in [1.29, 1.82) is 0 Å². The molecule has 2 saturated heterocycles. The molecule has 26 heavy (non-hydrogen) atoms. The van der Waals surface area contributed by atoms with Crippen LogP contribution in [0.2, 0.25) is 0 Å². The number of rotatable bonds is 4. The van der Waals surface area contributed by atoms with Crippen LogP contribution in [0.5, 0.6) is 0 Å². The van der Waals surface area contributed by atoms with E-state index in [0.717, 1.165) is 37.9 Å². The molecule has 2 fully saturated rings. The fraction of sp³-hybridized carbons (Fsp3) is 0.450. The van der Waals surface area contributed by atoms with Crippen molar-refractivity contribution >= 4 is 11.8 Å². The third kappa shape index (κ3) is 2.69. The van der Waals surface area contributed by atoms with Gasteiger partial charge in [-0.3, -0.25) is 9.59 Å². The molecule has 1 unspecified atom stereocenters. The lowest BCUT2D eigenvalue weighted by Crippen LogP contribution is -2.38. The average Bonchev–Trinajstić information content (AvgIpc) is 3.38. The summed E-state index contributed by atoms with van der Waals surface area (Å²) in [5.41, 5.74) is 1.71. The molecule has 6 heteroatoms. The number of hydrogen-bond acceptors (Lipinski definition) is 3. The minimum Gasteiger partial charge on any atom is -0.342 e. The van der Waals surface area contributed by atoms with E-state index in [1.165, 1.54) is 0 Å². The Balaban J connectivity index is 1.53. The Morgan fingerprint density at radius 1 is 1.23 bits per heavy atom. The van der Waals surface area contributed by atoms with Crippen molar-refractivity contribution in [2.24, 2.45) is 5.41 Å². The van der Waals surface area contributed by atoms with Crippen LogP contribution < -0.4 is 0 Å². The SMILES string of the molecule is CCCN1CCC2(CCN(C(=O)c3[nH]cnc3-c3ccccc3)C2)C1=O. The van der Waals surface area contributed by atoms with Crippen LogP contribution in [0.1, 0.15) is 36.7 Å². The monoisotopic (exact) mass is 352 g/mol. The molecule has 2 amide bonds. The zero-order chi connectivity index (χ0) is 18.1. The van der Waals surface area contributed by atoms with Gasteiger partial charge in [-0.1, -0.05) is 37.3 Å². The Bertz CT molecular complexity index is 816. The van der Waals surface area contributed by atoms with Gasteiger partial charge in [-0.05, 0) is 19.3 Å². The molecule has 1 aromatic carbocycles. The van der Waals surface area contributed by atoms with Crippen molar-refractivity contribution in [3.63, 3.8) is 0 Å². The summed E-state index contributed by atoms with van der Waals surface area (Å²) in [7, 11) is 0. The number of aromatic nitrogens is 2. The first-order valence-electron chi connectivity index (χ1n) is 9.32. The molecule has 6 nitrogen and oxygen atoms in total. The molecule has 2 aliphatic heterocycles. The summed E-state index contributed by atoms with van der Waals surface area (Å²) in [6, 6.07) is 9.70. The molecule has 4 rings (SSSR count). The Labute approximate surface area is 153 Å². The summed E-state index contributed by atoms with van der Waals surface area (Å²) in [5.74, 6) is 0.155. The molecule has 2 aromatic rings. The third-order valence-electron chi connectivity index (χ3n) is 5.64. The lowest BCUT2D eigenvalue weighted by Gasteiger charge is -2.23. The molecular formula is C20H24N4O2. The van der Waals surface area contributed by atoms with E-state index in [9.17, 15) is 9.59 Å². The lowest BCUT2D eigenvalue weighted by molar-refractivity contribution is -0.135. The van der Waals surface area contributed by atoms with Gasteiger partial charge in [-0.15, -0.1) is 0 Å². The van der Waals surface area contributed by atoms with Crippen LogP contribution in [0, 0.1) is 5.41 Å². The maximum atomic E-state index is 13.1. The third-order valence-corrected chi connectivity index (χ3v) is 5.64. The van der Waals surface area contributed by atoms with Gasteiger partial charge in [0.2, 0.25) is 5.91 Å². The number of H-pyrrole nitrogens is 1. The summed E-state index contributed by atoms with van der Waals surface area (Å²) in [6.07, 6.45) is 4.14. The number of amides is 2. The van der Waals surface area contributed by atoms with Crippen LogP contribution in [0.15, 0.2) is 36.7 Å². The van der Waals surface area contributed by atoms with Gasteiger partial charge >= 0.3 is 0 Å². The van der Waals surface area contributed by atoms with Crippen LogP contribution in [-0.2, 0) is 4.79 Å². The summed E-state index contributed by atoms with van der Waals surface area (Å²) in [4.78, 5) is 37.0. The number of carbonyl (C=O) groups excluding carboxylic acids is 2. The zero-order valence-corrected chi connectivity index (χ0v) is 15.1. The second-order valence-electron chi connectivity index (χ2n) is 7.29. The highest BCUT2D eigenvalue weighted by Crippen LogP contribution is 2.41. The molecule has 1 N–H and O–H groups in total. The van der Waals surface area contributed by atoms with E-state index >= 15 is 0 Å². The summed E-state index contributed by atoms with van der Waals surface area (Å²) in [6.45, 7) is 4.85. The van der Waals surface area contributed by atoms with Crippen molar-refractivity contribution in [3.8, 4) is 11.3 Å². The van der Waals surface area contributed by atoms with Gasteiger partial charge in [0, 0.05) is 31.7 Å². The van der Waals surface area contributed by atoms with Crippen molar-refractivity contribution in [1.82, 2.24) is 19.8 Å². The lowest BCUT2D eigenvalue weighted by atomic mass is 9.85. The Kier molecular flexibility index (Phi) is 4.26. The molecule has 1 aromatic heterocycles. The first-order chi connectivity index (χ1) is 12.6. The minimum atomic E-state index is -0.377. The summed E-state index contributed by atoms with van der Waals surface area (Å²) >= 11 is 0. The van der Waals surface area contributed by atoms with Crippen LogP contribution in [0.3, 0.4) is 0 Å². The van der Waals surface area contributed by atoms with Crippen LogP contribution in [0.4, 0.5) is 0 Å². The standard InChI is InChI=1S/C20H24N4O2/c1-2-10-23-11-8-20(19(23)26)9-12-24(13-20)18(25)17-16(21-14-22-17)15-6-4-3-5-7-15/h3-7,14H,2,8-13H2,1H3,(H,21,22). The number of likely N-dealkylation sites (tertiary alicyclic amines) is 2. The molecule has 1 atom stereocenters. The van der Waals surface area contributed by atoms with Gasteiger partial charge in [0.15, 0.2) is 0 Å². The van der Waals surface area contributed by atoms with Crippen molar-refractivity contribution in [3.05, 3.63) is 42.4 Å². The largest absolute Gasteiger partial charge is 0.342 e. The second-order valence-corrected chi connectivity index (χ2v) is 7.29. The average molecular weight is 352 g/mol. The van der Waals surface area contributed by atoms with Gasteiger partial charge in [0.1, 0.15) is 11.4 Å². The van der Waals surface area contributed by atoms with Gasteiger partial charge in [-0.2, -0.15) is 0 Å². The van der Waals surface area contributed by atoms with Gasteiger partial charge in [-0.25, -0.2) is 4.98 Å². The highest BCUT2D eigenvalue weighted by atomic mass is 16.2. The molecular weight excluding hydrogens is 328 g/mol. The molecule has 2 aliphatic rings. The Morgan fingerprint density at radius 3 is 2.77 bits per heavy atom. The quantitative estimate of drug-likeness (QED) is 0.919. The smallest absolute Gasteiger partial charge is 0.272 e. The number of carbonyl (C=O) groups is 2. The zero-order valence-electron chi connectivity index (χ0n) is 15.1. The number of aromatic amines is 1. The van der Waals surface area contributed by atoms with E-state index in [1.54, 1.807) is 6.33 Å². The number of benzene rings is 1. The van der Waals surface area contributed by atoms with Crippen LogP contribution in [0.25, 0.3) is 11.3 Å². The Morgan fingerprint density at radius 2 is 2.00 bits per heavy atom. The highest BCUT2D eigenvalue weighted by Gasteiger charge is 2.51.